The zero-order chi connectivity index (χ0) is 15.5. The van der Waals surface area contributed by atoms with Crippen molar-refractivity contribution in [1.82, 2.24) is 4.72 Å². The molecule has 1 aromatic carbocycles. The van der Waals surface area contributed by atoms with Gasteiger partial charge >= 0.3 is 0 Å². The normalized spacial score (nSPS) is 13.4. The van der Waals surface area contributed by atoms with Gasteiger partial charge < -0.3 is 11.5 Å². The van der Waals surface area contributed by atoms with Crippen molar-refractivity contribution in [2.45, 2.75) is 38.1 Å². The van der Waals surface area contributed by atoms with Gasteiger partial charge in [0, 0.05) is 5.69 Å². The molecule has 7 heteroatoms. The molecule has 0 aromatic heterocycles. The Morgan fingerprint density at radius 1 is 1.35 bits per heavy atom. The van der Waals surface area contributed by atoms with Crippen LogP contribution in [0.5, 0.6) is 0 Å². The predicted octanol–water partition coefficient (Wildman–Crippen LogP) is 0.619. The quantitative estimate of drug-likeness (QED) is 0.668. The molecule has 0 aliphatic heterocycles. The Kier molecular flexibility index (Phi) is 5.13. The van der Waals surface area contributed by atoms with Gasteiger partial charge in [0.25, 0.3) is 0 Å². The highest BCUT2D eigenvalue weighted by Crippen LogP contribution is 2.20. The van der Waals surface area contributed by atoms with Gasteiger partial charge in [0.05, 0.1) is 4.90 Å². The monoisotopic (exact) mass is 299 g/mol. The summed E-state index contributed by atoms with van der Waals surface area (Å²) in [6, 6.07) is 3.75. The van der Waals surface area contributed by atoms with Crippen LogP contribution in [0.1, 0.15) is 26.3 Å². The molecule has 1 aromatic rings. The lowest BCUT2D eigenvalue weighted by Gasteiger charge is -2.20. The number of nitrogens with one attached hydrogen (secondary N) is 1. The summed E-state index contributed by atoms with van der Waals surface area (Å²) in [5.74, 6) is -0.945. The van der Waals surface area contributed by atoms with Crippen molar-refractivity contribution in [2.75, 3.05) is 5.73 Å². The molecule has 0 fully saturated rings. The Morgan fingerprint density at radius 3 is 2.40 bits per heavy atom. The van der Waals surface area contributed by atoms with Gasteiger partial charge in [-0.25, -0.2) is 8.42 Å². The number of benzene rings is 1. The molecule has 0 aliphatic carbocycles. The smallest absolute Gasteiger partial charge is 0.241 e. The summed E-state index contributed by atoms with van der Waals surface area (Å²) in [7, 11) is -3.85. The van der Waals surface area contributed by atoms with E-state index in [-0.39, 0.29) is 10.8 Å². The standard InChI is InChI=1S/C13H21N3O3S/c1-4-9-5-6-10(14)7-11(9)20(18,19)16-12(8(2)3)13(15)17/h5-8,12,16H,4,14H2,1-3H3,(H2,15,17). The van der Waals surface area contributed by atoms with E-state index < -0.39 is 22.0 Å². The topological polar surface area (TPSA) is 115 Å². The van der Waals surface area contributed by atoms with Crippen molar-refractivity contribution < 1.29 is 13.2 Å². The van der Waals surface area contributed by atoms with Gasteiger partial charge in [-0.15, -0.1) is 0 Å². The molecule has 0 bridgehead atoms. The van der Waals surface area contributed by atoms with E-state index in [0.717, 1.165) is 0 Å². The van der Waals surface area contributed by atoms with Gasteiger partial charge in [0.15, 0.2) is 0 Å². The van der Waals surface area contributed by atoms with Crippen molar-refractivity contribution in [2.24, 2.45) is 11.7 Å². The number of carbonyl (C=O) groups is 1. The van der Waals surface area contributed by atoms with Gasteiger partial charge in [0.1, 0.15) is 6.04 Å². The van der Waals surface area contributed by atoms with E-state index >= 15 is 0 Å². The molecule has 0 saturated carbocycles. The minimum Gasteiger partial charge on any atom is -0.399 e. The Morgan fingerprint density at radius 2 is 1.95 bits per heavy atom. The fraction of sp³-hybridized carbons (Fsp3) is 0.462. The number of anilines is 1. The summed E-state index contributed by atoms with van der Waals surface area (Å²) in [6.45, 7) is 5.29. The molecule has 20 heavy (non-hydrogen) atoms. The predicted molar refractivity (Wildman–Crippen MR) is 78.4 cm³/mol. The summed E-state index contributed by atoms with van der Waals surface area (Å²) in [5.41, 5.74) is 11.9. The summed E-state index contributed by atoms with van der Waals surface area (Å²) >= 11 is 0. The van der Waals surface area contributed by atoms with Crippen LogP contribution in [0.3, 0.4) is 0 Å². The second-order valence-corrected chi connectivity index (χ2v) is 6.65. The molecule has 0 saturated heterocycles. The maximum Gasteiger partial charge on any atom is 0.241 e. The van der Waals surface area contributed by atoms with E-state index in [1.54, 1.807) is 26.0 Å². The second kappa shape index (κ2) is 6.23. The lowest BCUT2D eigenvalue weighted by molar-refractivity contribution is -0.120. The average Bonchev–Trinajstić information content (AvgIpc) is 2.35. The molecule has 0 radical (unpaired) electrons. The zero-order valence-electron chi connectivity index (χ0n) is 11.9. The molecule has 0 heterocycles. The van der Waals surface area contributed by atoms with Crippen molar-refractivity contribution in [3.63, 3.8) is 0 Å². The Bertz CT molecular complexity index is 597. The van der Waals surface area contributed by atoms with Gasteiger partial charge in [-0.3, -0.25) is 4.79 Å². The highest BCUT2D eigenvalue weighted by atomic mass is 32.2. The molecule has 0 aliphatic rings. The van der Waals surface area contributed by atoms with Crippen LogP contribution in [0.4, 0.5) is 5.69 Å². The fourth-order valence-electron chi connectivity index (χ4n) is 1.87. The van der Waals surface area contributed by atoms with Crippen LogP contribution < -0.4 is 16.2 Å². The van der Waals surface area contributed by atoms with Crippen LogP contribution in [0, 0.1) is 5.92 Å². The van der Waals surface area contributed by atoms with Gasteiger partial charge in [-0.1, -0.05) is 26.8 Å². The highest BCUT2D eigenvalue weighted by molar-refractivity contribution is 7.89. The molecule has 1 amide bonds. The molecule has 5 N–H and O–H groups in total. The zero-order valence-corrected chi connectivity index (χ0v) is 12.7. The van der Waals surface area contributed by atoms with Crippen molar-refractivity contribution in [3.05, 3.63) is 23.8 Å². The SMILES string of the molecule is CCc1ccc(N)cc1S(=O)(=O)NC(C(N)=O)C(C)C. The van der Waals surface area contributed by atoms with E-state index in [2.05, 4.69) is 4.72 Å². The molecule has 1 unspecified atom stereocenters. The van der Waals surface area contributed by atoms with Crippen LogP contribution in [0.2, 0.25) is 0 Å². The molecule has 1 rings (SSSR count). The number of hydrogen-bond acceptors (Lipinski definition) is 4. The van der Waals surface area contributed by atoms with Gasteiger partial charge in [0.2, 0.25) is 15.9 Å². The average molecular weight is 299 g/mol. The molecule has 6 nitrogen and oxygen atoms in total. The summed E-state index contributed by atoms with van der Waals surface area (Å²) in [5, 5.41) is 0. The van der Waals surface area contributed by atoms with E-state index in [1.807, 2.05) is 6.92 Å². The maximum absolute atomic E-state index is 12.4. The number of amides is 1. The number of rotatable bonds is 6. The maximum atomic E-state index is 12.4. The third kappa shape index (κ3) is 3.71. The Labute approximate surface area is 119 Å². The summed E-state index contributed by atoms with van der Waals surface area (Å²) in [6.07, 6.45) is 0.541. The number of sulfonamides is 1. The Hall–Kier alpha value is -1.60. The largest absolute Gasteiger partial charge is 0.399 e. The first-order chi connectivity index (χ1) is 9.19. The lowest BCUT2D eigenvalue weighted by Crippen LogP contribution is -2.47. The fourth-order valence-corrected chi connectivity index (χ4v) is 3.57. The van der Waals surface area contributed by atoms with E-state index in [9.17, 15) is 13.2 Å². The first-order valence-corrected chi connectivity index (χ1v) is 7.87. The summed E-state index contributed by atoms with van der Waals surface area (Å²) < 4.78 is 27.2. The van der Waals surface area contributed by atoms with Gasteiger partial charge in [-0.05, 0) is 30.0 Å². The molecule has 0 spiro atoms. The third-order valence-corrected chi connectivity index (χ3v) is 4.54. The highest BCUT2D eigenvalue weighted by Gasteiger charge is 2.27. The minimum absolute atomic E-state index is 0.0897. The number of aryl methyl sites for hydroxylation is 1. The van der Waals surface area contributed by atoms with Crippen molar-refractivity contribution in [3.8, 4) is 0 Å². The van der Waals surface area contributed by atoms with E-state index in [4.69, 9.17) is 11.5 Å². The molecular formula is C13H21N3O3S. The first kappa shape index (κ1) is 16.5. The third-order valence-electron chi connectivity index (χ3n) is 3.02. The second-order valence-electron chi connectivity index (χ2n) is 4.97. The van der Waals surface area contributed by atoms with Crippen molar-refractivity contribution in [1.29, 1.82) is 0 Å². The van der Waals surface area contributed by atoms with Crippen LogP contribution in [0.25, 0.3) is 0 Å². The van der Waals surface area contributed by atoms with E-state index in [0.29, 0.717) is 17.7 Å². The Balaban J connectivity index is 3.23. The number of hydrogen-bond donors (Lipinski definition) is 3. The number of nitrogen functional groups attached to an aromatic ring is 1. The van der Waals surface area contributed by atoms with Crippen LogP contribution in [-0.4, -0.2) is 20.4 Å². The van der Waals surface area contributed by atoms with E-state index in [1.165, 1.54) is 6.07 Å². The number of carbonyl (C=O) groups excluding carboxylic acids is 1. The molecule has 1 atom stereocenters. The number of primary amides is 1. The lowest BCUT2D eigenvalue weighted by atomic mass is 10.1. The summed E-state index contributed by atoms with van der Waals surface area (Å²) in [4.78, 5) is 11.4. The van der Waals surface area contributed by atoms with Crippen LogP contribution >= 0.6 is 0 Å². The molecular weight excluding hydrogens is 278 g/mol. The van der Waals surface area contributed by atoms with Crippen LogP contribution in [-0.2, 0) is 21.2 Å². The first-order valence-electron chi connectivity index (χ1n) is 6.39. The van der Waals surface area contributed by atoms with Gasteiger partial charge in [-0.2, -0.15) is 4.72 Å². The van der Waals surface area contributed by atoms with Crippen molar-refractivity contribution >= 4 is 21.6 Å². The minimum atomic E-state index is -3.85. The van der Waals surface area contributed by atoms with Crippen LogP contribution in [0.15, 0.2) is 23.1 Å². The molecule has 112 valence electrons. The number of nitrogens with two attached hydrogens (primary N) is 2.